The summed E-state index contributed by atoms with van der Waals surface area (Å²) in [5.41, 5.74) is -1.57. The zero-order valence-corrected chi connectivity index (χ0v) is 6.82. The minimum Gasteiger partial charge on any atom is -0.242 e. The van der Waals surface area contributed by atoms with Crippen molar-refractivity contribution in [3.05, 3.63) is 28.3 Å². The normalized spacial score (nSPS) is 10.2. The molecule has 0 bridgehead atoms. The summed E-state index contributed by atoms with van der Waals surface area (Å²) >= 11 is 5.29. The Balaban J connectivity index is 3.38. The molecule has 13 heavy (non-hydrogen) atoms. The number of hydrogen-bond donors (Lipinski definition) is 0. The maximum Gasteiger partial charge on any atom is 0.268 e. The fraction of sp³-hybridized carbons (Fsp3) is 0.143. The largest absolute Gasteiger partial charge is 0.268 e. The van der Waals surface area contributed by atoms with Gasteiger partial charge in [0.2, 0.25) is 0 Å². The van der Waals surface area contributed by atoms with Crippen molar-refractivity contribution in [3.63, 3.8) is 0 Å². The minimum atomic E-state index is -3.00. The number of nitriles is 1. The van der Waals surface area contributed by atoms with Gasteiger partial charge in [0.25, 0.3) is 6.43 Å². The van der Waals surface area contributed by atoms with E-state index in [9.17, 15) is 13.2 Å². The zero-order chi connectivity index (χ0) is 10.0. The molecule has 1 heterocycles. The second-order valence-electron chi connectivity index (χ2n) is 2.11. The van der Waals surface area contributed by atoms with Crippen LogP contribution in [0.15, 0.2) is 6.20 Å². The van der Waals surface area contributed by atoms with Crippen LogP contribution in [0.4, 0.5) is 13.2 Å². The van der Waals surface area contributed by atoms with Gasteiger partial charge in [-0.1, -0.05) is 11.6 Å². The molecule has 1 aromatic rings. The van der Waals surface area contributed by atoms with Gasteiger partial charge in [-0.15, -0.1) is 0 Å². The predicted molar refractivity (Wildman–Crippen MR) is 38.9 cm³/mol. The molecular formula is C7H2ClF3N2. The standard InChI is InChI=1S/C7H2ClF3N2/c8-6-3(1-12)5(9)4(2-13-6)7(10)11/h2,7H. The number of pyridine rings is 1. The van der Waals surface area contributed by atoms with E-state index in [4.69, 9.17) is 16.9 Å². The number of rotatable bonds is 1. The van der Waals surface area contributed by atoms with Crippen molar-refractivity contribution in [2.45, 2.75) is 6.43 Å². The van der Waals surface area contributed by atoms with Crippen LogP contribution in [-0.4, -0.2) is 4.98 Å². The molecule has 0 aromatic carbocycles. The fourth-order valence-electron chi connectivity index (χ4n) is 0.730. The first-order valence-electron chi connectivity index (χ1n) is 3.10. The summed E-state index contributed by atoms with van der Waals surface area (Å²) in [5, 5.41) is 7.93. The summed E-state index contributed by atoms with van der Waals surface area (Å²) in [6, 6.07) is 1.36. The molecule has 1 aromatic heterocycles. The maximum atomic E-state index is 13.0. The molecule has 0 spiro atoms. The Morgan fingerprint density at radius 1 is 1.54 bits per heavy atom. The summed E-state index contributed by atoms with van der Waals surface area (Å²) in [4.78, 5) is 3.25. The van der Waals surface area contributed by atoms with Crippen molar-refractivity contribution in [2.75, 3.05) is 0 Å². The van der Waals surface area contributed by atoms with E-state index >= 15 is 0 Å². The molecule has 1 rings (SSSR count). The third kappa shape index (κ3) is 1.73. The van der Waals surface area contributed by atoms with Gasteiger partial charge < -0.3 is 0 Å². The monoisotopic (exact) mass is 206 g/mol. The van der Waals surface area contributed by atoms with Gasteiger partial charge in [0.1, 0.15) is 16.8 Å². The van der Waals surface area contributed by atoms with E-state index in [0.717, 1.165) is 0 Å². The molecule has 0 saturated heterocycles. The first-order valence-corrected chi connectivity index (χ1v) is 3.48. The number of nitrogens with zero attached hydrogens (tertiary/aromatic N) is 2. The van der Waals surface area contributed by atoms with E-state index in [1.165, 1.54) is 6.07 Å². The van der Waals surface area contributed by atoms with Crippen molar-refractivity contribution in [1.29, 1.82) is 5.26 Å². The highest BCUT2D eigenvalue weighted by molar-refractivity contribution is 6.30. The molecule has 0 saturated carbocycles. The van der Waals surface area contributed by atoms with Gasteiger partial charge in [0.05, 0.1) is 5.56 Å². The van der Waals surface area contributed by atoms with E-state index in [0.29, 0.717) is 6.20 Å². The quantitative estimate of drug-likeness (QED) is 0.663. The van der Waals surface area contributed by atoms with Gasteiger partial charge in [-0.05, 0) is 0 Å². The Kier molecular flexibility index (Phi) is 2.73. The molecule has 2 nitrogen and oxygen atoms in total. The molecule has 0 aliphatic heterocycles. The minimum absolute atomic E-state index is 0.413. The summed E-state index contributed by atoms with van der Waals surface area (Å²) in [6.45, 7) is 0. The lowest BCUT2D eigenvalue weighted by Crippen LogP contribution is -1.97. The molecule has 0 unspecified atom stereocenters. The summed E-state index contributed by atoms with van der Waals surface area (Å²) < 4.78 is 37.0. The van der Waals surface area contributed by atoms with Crippen molar-refractivity contribution < 1.29 is 13.2 Å². The third-order valence-corrected chi connectivity index (χ3v) is 1.63. The molecule has 6 heteroatoms. The number of alkyl halides is 2. The van der Waals surface area contributed by atoms with Crippen LogP contribution in [0, 0.1) is 17.1 Å². The van der Waals surface area contributed by atoms with E-state index in [1.807, 2.05) is 0 Å². The second-order valence-corrected chi connectivity index (χ2v) is 2.46. The average molecular weight is 207 g/mol. The number of halogens is 4. The van der Waals surface area contributed by atoms with Gasteiger partial charge in [-0.2, -0.15) is 5.26 Å². The lowest BCUT2D eigenvalue weighted by atomic mass is 10.2. The molecule has 0 amide bonds. The summed E-state index contributed by atoms with van der Waals surface area (Å²) in [5.74, 6) is -1.31. The van der Waals surface area contributed by atoms with Gasteiger partial charge in [-0.3, -0.25) is 0 Å². The van der Waals surface area contributed by atoms with Crippen molar-refractivity contribution in [3.8, 4) is 6.07 Å². The summed E-state index contributed by atoms with van der Waals surface area (Å²) in [7, 11) is 0. The topological polar surface area (TPSA) is 36.7 Å². The molecule has 0 fully saturated rings. The SMILES string of the molecule is N#Cc1c(Cl)ncc(C(F)F)c1F. The Labute approximate surface area is 76.6 Å². The van der Waals surface area contributed by atoms with Gasteiger partial charge in [-0.25, -0.2) is 18.2 Å². The van der Waals surface area contributed by atoms with Crippen LogP contribution in [0.1, 0.15) is 17.6 Å². The Hall–Kier alpha value is -1.28. The van der Waals surface area contributed by atoms with E-state index in [-0.39, 0.29) is 0 Å². The van der Waals surface area contributed by atoms with Gasteiger partial charge >= 0.3 is 0 Å². The first kappa shape index (κ1) is 9.81. The number of aromatic nitrogens is 1. The van der Waals surface area contributed by atoms with E-state index in [2.05, 4.69) is 4.98 Å². The van der Waals surface area contributed by atoms with Gasteiger partial charge in [0.15, 0.2) is 5.82 Å². The molecule has 0 aliphatic carbocycles. The predicted octanol–water partition coefficient (Wildman–Crippen LogP) is 2.68. The zero-order valence-electron chi connectivity index (χ0n) is 6.06. The molecule has 0 radical (unpaired) electrons. The maximum absolute atomic E-state index is 13.0. The van der Waals surface area contributed by atoms with Crippen LogP contribution >= 0.6 is 11.6 Å². The van der Waals surface area contributed by atoms with Gasteiger partial charge in [0, 0.05) is 6.20 Å². The van der Waals surface area contributed by atoms with Crippen molar-refractivity contribution in [1.82, 2.24) is 4.98 Å². The highest BCUT2D eigenvalue weighted by atomic mass is 35.5. The van der Waals surface area contributed by atoms with Crippen molar-refractivity contribution >= 4 is 11.6 Å². The third-order valence-electron chi connectivity index (χ3n) is 1.34. The van der Waals surface area contributed by atoms with Crippen LogP contribution < -0.4 is 0 Å². The lowest BCUT2D eigenvalue weighted by molar-refractivity contribution is 0.145. The van der Waals surface area contributed by atoms with Crippen LogP contribution in [0.25, 0.3) is 0 Å². The van der Waals surface area contributed by atoms with Crippen LogP contribution in [0.3, 0.4) is 0 Å². The molecular weight excluding hydrogens is 205 g/mol. The first-order chi connectivity index (χ1) is 6.07. The fourth-order valence-corrected chi connectivity index (χ4v) is 0.904. The van der Waals surface area contributed by atoms with Crippen LogP contribution in [-0.2, 0) is 0 Å². The smallest absolute Gasteiger partial charge is 0.242 e. The Morgan fingerprint density at radius 3 is 2.62 bits per heavy atom. The van der Waals surface area contributed by atoms with Crippen LogP contribution in [0.2, 0.25) is 5.15 Å². The van der Waals surface area contributed by atoms with Crippen LogP contribution in [0.5, 0.6) is 0 Å². The molecule has 0 aliphatic rings. The second kappa shape index (κ2) is 3.62. The van der Waals surface area contributed by atoms with E-state index < -0.39 is 28.5 Å². The van der Waals surface area contributed by atoms with Crippen molar-refractivity contribution in [2.24, 2.45) is 0 Å². The number of hydrogen-bond acceptors (Lipinski definition) is 2. The Morgan fingerprint density at radius 2 is 2.15 bits per heavy atom. The molecule has 68 valence electrons. The van der Waals surface area contributed by atoms with E-state index in [1.54, 1.807) is 0 Å². The molecule has 0 atom stereocenters. The average Bonchev–Trinajstić information content (AvgIpc) is 2.04. The highest BCUT2D eigenvalue weighted by Gasteiger charge is 2.19. The lowest BCUT2D eigenvalue weighted by Gasteiger charge is -2.02. The Bertz CT molecular complexity index is 373. The highest BCUT2D eigenvalue weighted by Crippen LogP contribution is 2.26. The summed E-state index contributed by atoms with van der Waals surface area (Å²) in [6.07, 6.45) is -2.39. The molecule has 0 N–H and O–H groups in total.